The van der Waals surface area contributed by atoms with E-state index in [0.717, 1.165) is 11.3 Å². The van der Waals surface area contributed by atoms with E-state index in [1.54, 1.807) is 4.90 Å². The predicted molar refractivity (Wildman–Crippen MR) is 89.3 cm³/mol. The second-order valence-corrected chi connectivity index (χ2v) is 6.56. The molecule has 1 aromatic heterocycles. The molecule has 1 aromatic rings. The SMILES string of the molecule is CCCNC(=O)CNC(=O)C1CCN(C(=O)c2cccs2)CC1. The normalized spacial score (nSPS) is 15.3. The lowest BCUT2D eigenvalue weighted by atomic mass is 9.96. The van der Waals surface area contributed by atoms with Gasteiger partial charge >= 0.3 is 0 Å². The number of piperidine rings is 1. The summed E-state index contributed by atoms with van der Waals surface area (Å²) in [6, 6.07) is 3.68. The first-order valence-corrected chi connectivity index (χ1v) is 8.87. The average Bonchev–Trinajstić information content (AvgIpc) is 3.11. The monoisotopic (exact) mass is 337 g/mol. The Bertz CT molecular complexity index is 537. The fourth-order valence-corrected chi connectivity index (χ4v) is 3.23. The number of thiophene rings is 1. The molecule has 6 nitrogen and oxygen atoms in total. The highest BCUT2D eigenvalue weighted by molar-refractivity contribution is 7.12. The number of carbonyl (C=O) groups excluding carboxylic acids is 3. The summed E-state index contributed by atoms with van der Waals surface area (Å²) in [5, 5.41) is 7.29. The fourth-order valence-electron chi connectivity index (χ4n) is 2.54. The van der Waals surface area contributed by atoms with Gasteiger partial charge in [-0.1, -0.05) is 13.0 Å². The predicted octanol–water partition coefficient (Wildman–Crippen LogP) is 1.24. The van der Waals surface area contributed by atoms with Crippen LogP contribution in [0.5, 0.6) is 0 Å². The van der Waals surface area contributed by atoms with Crippen molar-refractivity contribution >= 4 is 29.1 Å². The van der Waals surface area contributed by atoms with E-state index in [0.29, 0.717) is 32.5 Å². The van der Waals surface area contributed by atoms with Gasteiger partial charge in [-0.3, -0.25) is 14.4 Å². The molecule has 2 heterocycles. The zero-order chi connectivity index (χ0) is 16.7. The number of rotatable bonds is 6. The van der Waals surface area contributed by atoms with Gasteiger partial charge in [-0.2, -0.15) is 0 Å². The third-order valence-corrected chi connectivity index (χ3v) is 4.74. The lowest BCUT2D eigenvalue weighted by Crippen LogP contribution is -2.45. The molecule has 1 aliphatic heterocycles. The Hall–Kier alpha value is -1.89. The first-order valence-electron chi connectivity index (χ1n) is 7.99. The largest absolute Gasteiger partial charge is 0.355 e. The summed E-state index contributed by atoms with van der Waals surface area (Å²) in [6.07, 6.45) is 2.15. The van der Waals surface area contributed by atoms with Crippen molar-refractivity contribution < 1.29 is 14.4 Å². The van der Waals surface area contributed by atoms with Gasteiger partial charge < -0.3 is 15.5 Å². The molecular formula is C16H23N3O3S. The molecule has 1 saturated heterocycles. The smallest absolute Gasteiger partial charge is 0.263 e. The molecular weight excluding hydrogens is 314 g/mol. The maximum atomic E-state index is 12.2. The molecule has 0 aromatic carbocycles. The molecule has 0 bridgehead atoms. The lowest BCUT2D eigenvalue weighted by molar-refractivity contribution is -0.129. The van der Waals surface area contributed by atoms with Crippen LogP contribution in [0.1, 0.15) is 35.9 Å². The number of nitrogens with one attached hydrogen (secondary N) is 2. The second-order valence-electron chi connectivity index (χ2n) is 5.61. The van der Waals surface area contributed by atoms with Crippen LogP contribution in [0.4, 0.5) is 0 Å². The fraction of sp³-hybridized carbons (Fsp3) is 0.562. The lowest BCUT2D eigenvalue weighted by Gasteiger charge is -2.31. The molecule has 0 saturated carbocycles. The van der Waals surface area contributed by atoms with Gasteiger partial charge in [0.2, 0.25) is 11.8 Å². The van der Waals surface area contributed by atoms with E-state index in [9.17, 15) is 14.4 Å². The van der Waals surface area contributed by atoms with Gasteiger partial charge in [0.05, 0.1) is 11.4 Å². The minimum absolute atomic E-state index is 0.0210. The van der Waals surface area contributed by atoms with Crippen LogP contribution in [0.2, 0.25) is 0 Å². The molecule has 126 valence electrons. The Balaban J connectivity index is 1.72. The van der Waals surface area contributed by atoms with Gasteiger partial charge in [0.1, 0.15) is 0 Å². The molecule has 3 amide bonds. The topological polar surface area (TPSA) is 78.5 Å². The van der Waals surface area contributed by atoms with Gasteiger partial charge in [0, 0.05) is 25.6 Å². The van der Waals surface area contributed by atoms with Crippen LogP contribution < -0.4 is 10.6 Å². The molecule has 2 N–H and O–H groups in total. The summed E-state index contributed by atoms with van der Waals surface area (Å²) in [5.41, 5.74) is 0. The number of likely N-dealkylation sites (tertiary alicyclic amines) is 1. The van der Waals surface area contributed by atoms with Crippen molar-refractivity contribution in [2.45, 2.75) is 26.2 Å². The summed E-state index contributed by atoms with van der Waals surface area (Å²) in [4.78, 5) is 38.3. The van der Waals surface area contributed by atoms with Crippen molar-refractivity contribution in [3.63, 3.8) is 0 Å². The second kappa shape index (κ2) is 8.67. The molecule has 0 spiro atoms. The Labute approximate surface area is 140 Å². The van der Waals surface area contributed by atoms with Crippen molar-refractivity contribution in [2.24, 2.45) is 5.92 Å². The number of hydrogen-bond acceptors (Lipinski definition) is 4. The van der Waals surface area contributed by atoms with Crippen LogP contribution in [0.3, 0.4) is 0 Å². The van der Waals surface area contributed by atoms with E-state index in [1.165, 1.54) is 11.3 Å². The van der Waals surface area contributed by atoms with Gasteiger partial charge in [-0.25, -0.2) is 0 Å². The van der Waals surface area contributed by atoms with E-state index < -0.39 is 0 Å². The maximum Gasteiger partial charge on any atom is 0.263 e. The maximum absolute atomic E-state index is 12.2. The standard InChI is InChI=1S/C16H23N3O3S/c1-2-7-17-14(20)11-18-15(21)12-5-8-19(9-6-12)16(22)13-4-3-10-23-13/h3-4,10,12H,2,5-9,11H2,1H3,(H,17,20)(H,18,21). The zero-order valence-corrected chi connectivity index (χ0v) is 14.2. The van der Waals surface area contributed by atoms with Crippen molar-refractivity contribution in [1.29, 1.82) is 0 Å². The highest BCUT2D eigenvalue weighted by Crippen LogP contribution is 2.20. The van der Waals surface area contributed by atoms with Crippen molar-refractivity contribution in [3.05, 3.63) is 22.4 Å². The van der Waals surface area contributed by atoms with Crippen LogP contribution in [-0.4, -0.2) is 48.8 Å². The number of nitrogens with zero attached hydrogens (tertiary/aromatic N) is 1. The van der Waals surface area contributed by atoms with E-state index in [2.05, 4.69) is 10.6 Å². The number of amides is 3. The highest BCUT2D eigenvalue weighted by Gasteiger charge is 2.28. The minimum atomic E-state index is -0.162. The average molecular weight is 337 g/mol. The summed E-state index contributed by atoms with van der Waals surface area (Å²) < 4.78 is 0. The van der Waals surface area contributed by atoms with E-state index in [1.807, 2.05) is 24.4 Å². The van der Waals surface area contributed by atoms with Gasteiger partial charge in [-0.05, 0) is 30.7 Å². The van der Waals surface area contributed by atoms with Crippen LogP contribution in [0.15, 0.2) is 17.5 Å². The molecule has 0 aliphatic carbocycles. The van der Waals surface area contributed by atoms with Crippen LogP contribution in [0.25, 0.3) is 0 Å². The molecule has 23 heavy (non-hydrogen) atoms. The first-order chi connectivity index (χ1) is 11.1. The van der Waals surface area contributed by atoms with E-state index in [-0.39, 0.29) is 30.2 Å². The summed E-state index contributed by atoms with van der Waals surface area (Å²) in [5.74, 6) is -0.343. The Kier molecular flexibility index (Phi) is 6.58. The molecule has 2 rings (SSSR count). The zero-order valence-electron chi connectivity index (χ0n) is 13.3. The molecule has 0 unspecified atom stereocenters. The highest BCUT2D eigenvalue weighted by atomic mass is 32.1. The van der Waals surface area contributed by atoms with Crippen molar-refractivity contribution in [1.82, 2.24) is 15.5 Å². The van der Waals surface area contributed by atoms with Crippen molar-refractivity contribution in [2.75, 3.05) is 26.2 Å². The number of hydrogen-bond donors (Lipinski definition) is 2. The van der Waals surface area contributed by atoms with Crippen LogP contribution in [-0.2, 0) is 9.59 Å². The first kappa shape index (κ1) is 17.5. The quantitative estimate of drug-likeness (QED) is 0.820. The third kappa shape index (κ3) is 5.06. The Morgan fingerprint density at radius 3 is 2.61 bits per heavy atom. The molecule has 0 radical (unpaired) electrons. The van der Waals surface area contributed by atoms with E-state index >= 15 is 0 Å². The molecule has 1 aliphatic rings. The summed E-state index contributed by atoms with van der Waals surface area (Å²) >= 11 is 1.43. The van der Waals surface area contributed by atoms with Gasteiger partial charge in [0.15, 0.2) is 0 Å². The van der Waals surface area contributed by atoms with Gasteiger partial charge in [-0.15, -0.1) is 11.3 Å². The molecule has 1 fully saturated rings. The number of carbonyl (C=O) groups is 3. The summed E-state index contributed by atoms with van der Waals surface area (Å²) in [6.45, 7) is 3.78. The van der Waals surface area contributed by atoms with Gasteiger partial charge in [0.25, 0.3) is 5.91 Å². The van der Waals surface area contributed by atoms with Crippen molar-refractivity contribution in [3.8, 4) is 0 Å². The summed E-state index contributed by atoms with van der Waals surface area (Å²) in [7, 11) is 0. The minimum Gasteiger partial charge on any atom is -0.355 e. The molecule has 0 atom stereocenters. The van der Waals surface area contributed by atoms with Crippen LogP contribution in [0, 0.1) is 5.92 Å². The molecule has 7 heteroatoms. The third-order valence-electron chi connectivity index (χ3n) is 3.88. The Morgan fingerprint density at radius 1 is 1.26 bits per heavy atom. The van der Waals surface area contributed by atoms with E-state index in [4.69, 9.17) is 0 Å². The Morgan fingerprint density at radius 2 is 2.00 bits per heavy atom. The van der Waals surface area contributed by atoms with Crippen LogP contribution >= 0.6 is 11.3 Å².